The first kappa shape index (κ1) is 18.0. The fraction of sp³-hybridized carbons (Fsp3) is 0.167. The summed E-state index contributed by atoms with van der Waals surface area (Å²) in [5.41, 5.74) is 5.23. The lowest BCUT2D eigenvalue weighted by atomic mass is 10.1. The van der Waals surface area contributed by atoms with Gasteiger partial charge in [0.05, 0.1) is 11.0 Å². The summed E-state index contributed by atoms with van der Waals surface area (Å²) >= 11 is 0. The monoisotopic (exact) mass is 369 g/mol. The third-order valence-corrected chi connectivity index (χ3v) is 4.84. The van der Waals surface area contributed by atoms with Gasteiger partial charge in [-0.25, -0.2) is 4.98 Å². The highest BCUT2D eigenvalue weighted by Crippen LogP contribution is 2.19. The zero-order valence-corrected chi connectivity index (χ0v) is 15.7. The van der Waals surface area contributed by atoms with Gasteiger partial charge in [-0.05, 0) is 42.2 Å². The van der Waals surface area contributed by atoms with Gasteiger partial charge in [-0.15, -0.1) is 0 Å². The second-order valence-corrected chi connectivity index (χ2v) is 6.89. The summed E-state index contributed by atoms with van der Waals surface area (Å²) < 4.78 is 0. The van der Waals surface area contributed by atoms with E-state index >= 15 is 0 Å². The molecule has 0 atom stereocenters. The molecule has 0 saturated carbocycles. The molecule has 1 amide bonds. The maximum atomic E-state index is 12.4. The summed E-state index contributed by atoms with van der Waals surface area (Å²) in [7, 11) is 0. The van der Waals surface area contributed by atoms with Gasteiger partial charge in [0.2, 0.25) is 5.91 Å². The maximum Gasteiger partial charge on any atom is 0.224 e. The largest absolute Gasteiger partial charge is 0.342 e. The molecule has 0 aliphatic heterocycles. The number of amides is 1. The lowest BCUT2D eigenvalue weighted by Gasteiger charge is -2.11. The maximum absolute atomic E-state index is 12.4. The molecule has 4 rings (SSSR count). The molecule has 1 heterocycles. The number of fused-ring (bicyclic) bond motifs is 1. The number of nitrogens with zero attached hydrogens (tertiary/aromatic N) is 1. The number of aromatic amines is 1. The van der Waals surface area contributed by atoms with E-state index < -0.39 is 0 Å². The lowest BCUT2D eigenvalue weighted by molar-refractivity contribution is -0.116. The molecule has 0 bridgehead atoms. The number of anilines is 1. The third kappa shape index (κ3) is 4.46. The van der Waals surface area contributed by atoms with Crippen molar-refractivity contribution in [3.05, 3.63) is 95.8 Å². The van der Waals surface area contributed by atoms with Crippen molar-refractivity contribution in [2.45, 2.75) is 25.7 Å². The standard InChI is InChI=1S/C24H23N3O/c28-24(17-14-18-8-2-1-3-9-18)27-20-11-5-4-10-19(20)15-16-23-25-21-12-6-7-13-22(21)26-23/h1-13H,14-17H2,(H,25,26)(H,27,28). The number of hydrogen-bond donors (Lipinski definition) is 2. The first-order chi connectivity index (χ1) is 13.8. The zero-order valence-electron chi connectivity index (χ0n) is 15.7. The molecule has 0 radical (unpaired) electrons. The van der Waals surface area contributed by atoms with Crippen LogP contribution in [-0.2, 0) is 24.1 Å². The summed E-state index contributed by atoms with van der Waals surface area (Å²) in [5.74, 6) is 1.01. The van der Waals surface area contributed by atoms with Crippen LogP contribution in [0.4, 0.5) is 5.69 Å². The number of rotatable bonds is 7. The number of para-hydroxylation sites is 3. The van der Waals surface area contributed by atoms with Gasteiger partial charge in [0, 0.05) is 18.5 Å². The Morgan fingerprint density at radius 2 is 1.57 bits per heavy atom. The average Bonchev–Trinajstić information content (AvgIpc) is 3.15. The Morgan fingerprint density at radius 3 is 2.43 bits per heavy atom. The molecule has 2 N–H and O–H groups in total. The second kappa shape index (κ2) is 8.53. The number of nitrogens with one attached hydrogen (secondary N) is 2. The first-order valence-electron chi connectivity index (χ1n) is 9.63. The summed E-state index contributed by atoms with van der Waals surface area (Å²) in [6.45, 7) is 0. The molecule has 4 heteroatoms. The predicted molar refractivity (Wildman–Crippen MR) is 113 cm³/mol. The van der Waals surface area contributed by atoms with Crippen molar-refractivity contribution in [1.29, 1.82) is 0 Å². The van der Waals surface area contributed by atoms with E-state index in [1.54, 1.807) is 0 Å². The molecule has 4 aromatic rings. The van der Waals surface area contributed by atoms with Gasteiger partial charge in [0.25, 0.3) is 0 Å². The first-order valence-corrected chi connectivity index (χ1v) is 9.63. The van der Waals surface area contributed by atoms with E-state index in [0.29, 0.717) is 6.42 Å². The van der Waals surface area contributed by atoms with Crippen LogP contribution in [0, 0.1) is 0 Å². The predicted octanol–water partition coefficient (Wildman–Crippen LogP) is 4.92. The number of hydrogen-bond acceptors (Lipinski definition) is 2. The molecular formula is C24H23N3O. The van der Waals surface area contributed by atoms with Gasteiger partial charge < -0.3 is 10.3 Å². The summed E-state index contributed by atoms with van der Waals surface area (Å²) in [6.07, 6.45) is 2.83. The van der Waals surface area contributed by atoms with E-state index in [2.05, 4.69) is 33.5 Å². The van der Waals surface area contributed by atoms with Crippen molar-refractivity contribution in [3.8, 4) is 0 Å². The Hall–Kier alpha value is -3.40. The quantitative estimate of drug-likeness (QED) is 0.486. The Labute approximate surface area is 164 Å². The number of aryl methyl sites for hydroxylation is 3. The van der Waals surface area contributed by atoms with Crippen molar-refractivity contribution < 1.29 is 4.79 Å². The second-order valence-electron chi connectivity index (χ2n) is 6.89. The van der Waals surface area contributed by atoms with Gasteiger partial charge in [0.1, 0.15) is 5.82 Å². The molecule has 1 aromatic heterocycles. The molecule has 4 nitrogen and oxygen atoms in total. The average molecular weight is 369 g/mol. The zero-order chi connectivity index (χ0) is 19.2. The topological polar surface area (TPSA) is 57.8 Å². The van der Waals surface area contributed by atoms with Crippen molar-refractivity contribution in [2.24, 2.45) is 0 Å². The van der Waals surface area contributed by atoms with Gasteiger partial charge in [0.15, 0.2) is 0 Å². The molecule has 0 aliphatic carbocycles. The van der Waals surface area contributed by atoms with E-state index in [4.69, 9.17) is 0 Å². The van der Waals surface area contributed by atoms with Crippen molar-refractivity contribution in [3.63, 3.8) is 0 Å². The number of benzene rings is 3. The number of aromatic nitrogens is 2. The Kier molecular flexibility index (Phi) is 5.48. The minimum atomic E-state index is 0.0417. The Bertz CT molecular complexity index is 1040. The van der Waals surface area contributed by atoms with Gasteiger partial charge in [-0.1, -0.05) is 60.7 Å². The highest BCUT2D eigenvalue weighted by atomic mass is 16.1. The van der Waals surface area contributed by atoms with E-state index in [9.17, 15) is 4.79 Å². The van der Waals surface area contributed by atoms with Crippen molar-refractivity contribution >= 4 is 22.6 Å². The van der Waals surface area contributed by atoms with E-state index in [-0.39, 0.29) is 5.91 Å². The highest BCUT2D eigenvalue weighted by molar-refractivity contribution is 5.91. The normalized spacial score (nSPS) is 10.9. The molecule has 0 fully saturated rings. The third-order valence-electron chi connectivity index (χ3n) is 4.84. The van der Waals surface area contributed by atoms with Gasteiger partial charge >= 0.3 is 0 Å². The van der Waals surface area contributed by atoms with Crippen LogP contribution in [0.15, 0.2) is 78.9 Å². The van der Waals surface area contributed by atoms with Crippen LogP contribution >= 0.6 is 0 Å². The molecule has 0 unspecified atom stereocenters. The SMILES string of the molecule is O=C(CCc1ccccc1)Nc1ccccc1CCc1nc2ccccc2[nH]1. The van der Waals surface area contributed by atoms with E-state index in [1.807, 2.05) is 60.7 Å². The van der Waals surface area contributed by atoms with Gasteiger partial charge in [-0.3, -0.25) is 4.79 Å². The highest BCUT2D eigenvalue weighted by Gasteiger charge is 2.09. The van der Waals surface area contributed by atoms with Gasteiger partial charge in [-0.2, -0.15) is 0 Å². The van der Waals surface area contributed by atoms with Crippen LogP contribution in [0.25, 0.3) is 11.0 Å². The van der Waals surface area contributed by atoms with E-state index in [0.717, 1.165) is 47.4 Å². The smallest absolute Gasteiger partial charge is 0.224 e. The molecule has 0 saturated heterocycles. The van der Waals surface area contributed by atoms with Crippen molar-refractivity contribution in [2.75, 3.05) is 5.32 Å². The summed E-state index contributed by atoms with van der Waals surface area (Å²) in [5, 5.41) is 3.07. The lowest BCUT2D eigenvalue weighted by Crippen LogP contribution is -2.14. The van der Waals surface area contributed by atoms with Crippen LogP contribution in [-0.4, -0.2) is 15.9 Å². The fourth-order valence-electron chi connectivity index (χ4n) is 3.35. The van der Waals surface area contributed by atoms with E-state index in [1.165, 1.54) is 5.56 Å². The molecule has 0 spiro atoms. The number of imidazole rings is 1. The minimum absolute atomic E-state index is 0.0417. The van der Waals surface area contributed by atoms with Crippen LogP contribution in [0.5, 0.6) is 0 Å². The molecule has 28 heavy (non-hydrogen) atoms. The molecular weight excluding hydrogens is 346 g/mol. The molecule has 3 aromatic carbocycles. The summed E-state index contributed by atoms with van der Waals surface area (Å²) in [4.78, 5) is 20.4. The van der Waals surface area contributed by atoms with Crippen molar-refractivity contribution in [1.82, 2.24) is 9.97 Å². The fourth-order valence-corrected chi connectivity index (χ4v) is 3.35. The van der Waals surface area contributed by atoms with Crippen LogP contribution in [0.2, 0.25) is 0 Å². The molecule has 140 valence electrons. The number of carbonyl (C=O) groups excluding carboxylic acids is 1. The Morgan fingerprint density at radius 1 is 0.821 bits per heavy atom. The molecule has 0 aliphatic rings. The summed E-state index contributed by atoms with van der Waals surface area (Å²) in [6, 6.07) is 26.1. The number of H-pyrrole nitrogens is 1. The van der Waals surface area contributed by atoms with Crippen LogP contribution in [0.3, 0.4) is 0 Å². The van der Waals surface area contributed by atoms with Crippen LogP contribution < -0.4 is 5.32 Å². The number of carbonyl (C=O) groups is 1. The minimum Gasteiger partial charge on any atom is -0.342 e. The Balaban J connectivity index is 1.38. The van der Waals surface area contributed by atoms with Crippen LogP contribution in [0.1, 0.15) is 23.4 Å².